The van der Waals surface area contributed by atoms with E-state index in [9.17, 15) is 4.79 Å². The van der Waals surface area contributed by atoms with Crippen LogP contribution >= 0.6 is 23.2 Å². The normalized spacial score (nSPS) is 11.3. The fourth-order valence-electron chi connectivity index (χ4n) is 3.98. The lowest BCUT2D eigenvalue weighted by Crippen LogP contribution is -2.10. The fraction of sp³-hybridized carbons (Fsp3) is 0.0769. The summed E-state index contributed by atoms with van der Waals surface area (Å²) in [6, 6.07) is 23.7. The monoisotopic (exact) mass is 444 g/mol. The average molecular weight is 445 g/mol. The van der Waals surface area contributed by atoms with Crippen LogP contribution < -0.4 is 5.56 Å². The van der Waals surface area contributed by atoms with Gasteiger partial charge in [-0.3, -0.25) is 4.79 Å². The number of nitrogens with zero attached hydrogens (tertiary/aromatic N) is 1. The zero-order valence-corrected chi connectivity index (χ0v) is 18.3. The molecule has 1 heterocycles. The van der Waals surface area contributed by atoms with Crippen molar-refractivity contribution in [3.05, 3.63) is 110 Å². The van der Waals surface area contributed by atoms with Crippen molar-refractivity contribution in [1.29, 1.82) is 0 Å². The first kappa shape index (κ1) is 19.8. The van der Waals surface area contributed by atoms with Gasteiger partial charge < -0.3 is 4.98 Å². The van der Waals surface area contributed by atoms with Gasteiger partial charge in [0.05, 0.1) is 20.9 Å². The van der Waals surface area contributed by atoms with Gasteiger partial charge >= 0.3 is 0 Å². The summed E-state index contributed by atoms with van der Waals surface area (Å²) in [6.07, 6.45) is 0.722. The highest BCUT2D eigenvalue weighted by Crippen LogP contribution is 2.34. The highest BCUT2D eigenvalue weighted by Gasteiger charge is 2.13. The molecule has 0 atom stereocenters. The molecule has 0 aliphatic rings. The van der Waals surface area contributed by atoms with E-state index in [1.807, 2.05) is 55.5 Å². The maximum absolute atomic E-state index is 12.7. The highest BCUT2D eigenvalue weighted by molar-refractivity contribution is 6.42. The molecule has 31 heavy (non-hydrogen) atoms. The molecule has 0 saturated carbocycles. The van der Waals surface area contributed by atoms with E-state index in [1.165, 1.54) is 5.56 Å². The summed E-state index contributed by atoms with van der Waals surface area (Å²) >= 11 is 12.6. The summed E-state index contributed by atoms with van der Waals surface area (Å²) in [5, 5.41) is 3.58. The van der Waals surface area contributed by atoms with E-state index in [2.05, 4.69) is 23.2 Å². The molecule has 1 N–H and O–H groups in total. The van der Waals surface area contributed by atoms with E-state index >= 15 is 0 Å². The summed E-state index contributed by atoms with van der Waals surface area (Å²) in [4.78, 5) is 20.5. The summed E-state index contributed by atoms with van der Waals surface area (Å²) in [5.41, 5.74) is 4.62. The second kappa shape index (κ2) is 7.84. The minimum atomic E-state index is -0.150. The van der Waals surface area contributed by atoms with E-state index < -0.39 is 0 Å². The third-order valence-electron chi connectivity index (χ3n) is 5.53. The van der Waals surface area contributed by atoms with E-state index in [-0.39, 0.29) is 5.56 Å². The quantitative estimate of drug-likeness (QED) is 0.327. The molecule has 0 spiro atoms. The van der Waals surface area contributed by atoms with Crippen molar-refractivity contribution in [3.8, 4) is 11.4 Å². The van der Waals surface area contributed by atoms with E-state index in [4.69, 9.17) is 28.2 Å². The summed E-state index contributed by atoms with van der Waals surface area (Å²) < 4.78 is 0. The van der Waals surface area contributed by atoms with Crippen molar-refractivity contribution in [3.63, 3.8) is 0 Å². The lowest BCUT2D eigenvalue weighted by Gasteiger charge is -2.12. The standard InChI is InChI=1S/C26H18Cl2N2O/c1-15-6-5-9-20-24(15)29-25(30-26(20)31)19-11-17(10-16-7-3-2-4-8-16)21-14-23(28)22(27)13-18(21)12-19/h2-9,11-14H,10H2,1H3,(H,29,30,31). The van der Waals surface area contributed by atoms with E-state index in [0.29, 0.717) is 26.8 Å². The summed E-state index contributed by atoms with van der Waals surface area (Å²) in [5.74, 6) is 0.536. The number of para-hydroxylation sites is 1. The lowest BCUT2D eigenvalue weighted by molar-refractivity contribution is 1.16. The van der Waals surface area contributed by atoms with Crippen LogP contribution in [0.25, 0.3) is 33.1 Å². The van der Waals surface area contributed by atoms with Gasteiger partial charge in [0.25, 0.3) is 5.56 Å². The van der Waals surface area contributed by atoms with Crippen LogP contribution in [0.5, 0.6) is 0 Å². The number of hydrogen-bond donors (Lipinski definition) is 1. The van der Waals surface area contributed by atoms with Crippen LogP contribution in [0.4, 0.5) is 0 Å². The molecule has 0 aliphatic heterocycles. The molecule has 152 valence electrons. The number of hydrogen-bond acceptors (Lipinski definition) is 2. The Hall–Kier alpha value is -3.14. The number of H-pyrrole nitrogens is 1. The Morgan fingerprint density at radius 2 is 1.65 bits per heavy atom. The fourth-order valence-corrected chi connectivity index (χ4v) is 4.31. The van der Waals surface area contributed by atoms with Gasteiger partial charge in [-0.1, -0.05) is 65.7 Å². The van der Waals surface area contributed by atoms with Crippen molar-refractivity contribution in [2.45, 2.75) is 13.3 Å². The van der Waals surface area contributed by atoms with Crippen molar-refractivity contribution in [1.82, 2.24) is 9.97 Å². The van der Waals surface area contributed by atoms with Gasteiger partial charge in [0.1, 0.15) is 5.82 Å². The molecular formula is C26H18Cl2N2O. The second-order valence-corrected chi connectivity index (χ2v) is 8.49. The Balaban J connectivity index is 1.76. The summed E-state index contributed by atoms with van der Waals surface area (Å²) in [7, 11) is 0. The van der Waals surface area contributed by atoms with Crippen molar-refractivity contribution in [2.75, 3.05) is 0 Å². The van der Waals surface area contributed by atoms with Crippen LogP contribution in [0, 0.1) is 6.92 Å². The molecule has 4 aromatic carbocycles. The van der Waals surface area contributed by atoms with Gasteiger partial charge in [-0.15, -0.1) is 0 Å². The predicted octanol–water partition coefficient (Wildman–Crippen LogP) is 6.95. The first-order valence-electron chi connectivity index (χ1n) is 9.95. The number of aromatic amines is 1. The molecular weight excluding hydrogens is 427 g/mol. The smallest absolute Gasteiger partial charge is 0.259 e. The number of halogens is 2. The molecule has 0 fully saturated rings. The topological polar surface area (TPSA) is 45.8 Å². The Labute approximate surface area is 189 Å². The van der Waals surface area contributed by atoms with Gasteiger partial charge in [0.15, 0.2) is 0 Å². The molecule has 0 saturated heterocycles. The number of rotatable bonds is 3. The Bertz CT molecular complexity index is 1510. The van der Waals surface area contributed by atoms with Gasteiger partial charge in [-0.25, -0.2) is 4.98 Å². The highest BCUT2D eigenvalue weighted by atomic mass is 35.5. The molecule has 0 bridgehead atoms. The van der Waals surface area contributed by atoms with Crippen molar-refractivity contribution < 1.29 is 0 Å². The van der Waals surface area contributed by atoms with Crippen molar-refractivity contribution >= 4 is 44.9 Å². The minimum absolute atomic E-state index is 0.150. The third kappa shape index (κ3) is 3.71. The van der Waals surface area contributed by atoms with Crippen LogP contribution in [-0.2, 0) is 6.42 Å². The Morgan fingerprint density at radius 1 is 0.871 bits per heavy atom. The zero-order chi connectivity index (χ0) is 21.5. The maximum atomic E-state index is 12.7. The molecule has 0 radical (unpaired) electrons. The number of fused-ring (bicyclic) bond motifs is 2. The number of benzene rings is 4. The van der Waals surface area contributed by atoms with Crippen LogP contribution in [0.2, 0.25) is 10.0 Å². The molecule has 0 aliphatic carbocycles. The zero-order valence-electron chi connectivity index (χ0n) is 16.7. The number of aromatic nitrogens is 2. The van der Waals surface area contributed by atoms with Crippen LogP contribution in [0.15, 0.2) is 77.6 Å². The van der Waals surface area contributed by atoms with Gasteiger partial charge in [-0.05, 0) is 71.1 Å². The van der Waals surface area contributed by atoms with Crippen molar-refractivity contribution in [2.24, 2.45) is 0 Å². The lowest BCUT2D eigenvalue weighted by atomic mass is 9.95. The van der Waals surface area contributed by atoms with Gasteiger partial charge in [0, 0.05) is 5.56 Å². The SMILES string of the molecule is Cc1cccc2c(=O)[nH]c(-c3cc(Cc4ccccc4)c4cc(Cl)c(Cl)cc4c3)nc12. The summed E-state index contributed by atoms with van der Waals surface area (Å²) in [6.45, 7) is 1.96. The predicted molar refractivity (Wildman–Crippen MR) is 129 cm³/mol. The number of aryl methyl sites for hydroxylation is 1. The molecule has 3 nitrogen and oxygen atoms in total. The minimum Gasteiger partial charge on any atom is -0.306 e. The van der Waals surface area contributed by atoms with E-state index in [0.717, 1.165) is 33.9 Å². The molecule has 1 aromatic heterocycles. The maximum Gasteiger partial charge on any atom is 0.259 e. The Kier molecular flexibility index (Phi) is 5.01. The first-order valence-corrected chi connectivity index (χ1v) is 10.7. The average Bonchev–Trinajstić information content (AvgIpc) is 2.76. The van der Waals surface area contributed by atoms with Crippen LogP contribution in [0.3, 0.4) is 0 Å². The molecule has 5 aromatic rings. The molecule has 5 heteroatoms. The first-order chi connectivity index (χ1) is 15.0. The Morgan fingerprint density at radius 3 is 2.45 bits per heavy atom. The second-order valence-electron chi connectivity index (χ2n) is 7.67. The molecule has 0 amide bonds. The van der Waals surface area contributed by atoms with Gasteiger partial charge in [0.2, 0.25) is 0 Å². The molecule has 5 rings (SSSR count). The molecule has 0 unspecified atom stereocenters. The van der Waals surface area contributed by atoms with Crippen LogP contribution in [0.1, 0.15) is 16.7 Å². The van der Waals surface area contributed by atoms with E-state index in [1.54, 1.807) is 6.07 Å². The number of nitrogens with one attached hydrogen (secondary N) is 1. The third-order valence-corrected chi connectivity index (χ3v) is 6.25. The largest absolute Gasteiger partial charge is 0.306 e. The van der Waals surface area contributed by atoms with Gasteiger partial charge in [-0.2, -0.15) is 0 Å². The van der Waals surface area contributed by atoms with Crippen LogP contribution in [-0.4, -0.2) is 9.97 Å².